The summed E-state index contributed by atoms with van der Waals surface area (Å²) in [6, 6.07) is 21.6. The first-order chi connectivity index (χ1) is 9.72. The first-order valence-corrected chi connectivity index (χ1v) is 7.77. The van der Waals surface area contributed by atoms with E-state index in [4.69, 9.17) is 0 Å². The molecule has 0 unspecified atom stereocenters. The van der Waals surface area contributed by atoms with E-state index in [9.17, 15) is 0 Å². The summed E-state index contributed by atoms with van der Waals surface area (Å²) in [6.45, 7) is 3.03. The normalized spacial score (nSPS) is 10.7. The summed E-state index contributed by atoms with van der Waals surface area (Å²) >= 11 is 2.38. The van der Waals surface area contributed by atoms with E-state index in [2.05, 4.69) is 101 Å². The summed E-state index contributed by atoms with van der Waals surface area (Å²) < 4.78 is 3.59. The molecule has 20 heavy (non-hydrogen) atoms. The molecule has 0 saturated carbocycles. The highest BCUT2D eigenvalue weighted by molar-refractivity contribution is 14.1. The molecule has 2 heteroatoms. The van der Waals surface area contributed by atoms with E-state index in [0.29, 0.717) is 0 Å². The molecule has 0 atom stereocenters. The Labute approximate surface area is 133 Å². The summed E-state index contributed by atoms with van der Waals surface area (Å²) in [4.78, 5) is 0. The number of nitrogens with zero attached hydrogens (tertiary/aromatic N) is 1. The molecular weight excluding hydrogens is 357 g/mol. The molecule has 1 heterocycles. The van der Waals surface area contributed by atoms with Crippen LogP contribution in [0.1, 0.15) is 11.1 Å². The van der Waals surface area contributed by atoms with Crippen molar-refractivity contribution in [2.24, 2.45) is 0 Å². The lowest BCUT2D eigenvalue weighted by Gasteiger charge is -2.09. The molecule has 0 fully saturated rings. The number of hydrogen-bond donors (Lipinski definition) is 0. The molecule has 2 aromatic carbocycles. The lowest BCUT2D eigenvalue weighted by Crippen LogP contribution is -2.00. The molecule has 0 aliphatic rings. The van der Waals surface area contributed by atoms with E-state index in [0.717, 1.165) is 6.54 Å². The molecular formula is C18H16IN. The van der Waals surface area contributed by atoms with E-state index in [1.54, 1.807) is 0 Å². The SMILES string of the molecule is Cc1ccc(-c2cc(I)cn2Cc2ccccc2)cc1. The third kappa shape index (κ3) is 2.96. The number of aromatic nitrogens is 1. The molecule has 3 rings (SSSR count). The van der Waals surface area contributed by atoms with Crippen LogP contribution in [0, 0.1) is 10.5 Å². The van der Waals surface area contributed by atoms with Gasteiger partial charge < -0.3 is 4.57 Å². The van der Waals surface area contributed by atoms with Gasteiger partial charge in [-0.25, -0.2) is 0 Å². The Morgan fingerprint density at radius 2 is 1.65 bits per heavy atom. The van der Waals surface area contributed by atoms with Crippen molar-refractivity contribution in [1.82, 2.24) is 4.57 Å². The Balaban J connectivity index is 1.98. The molecule has 0 radical (unpaired) electrons. The molecule has 0 spiro atoms. The van der Waals surface area contributed by atoms with Crippen molar-refractivity contribution >= 4 is 22.6 Å². The fourth-order valence-corrected chi connectivity index (χ4v) is 2.98. The number of halogens is 1. The minimum Gasteiger partial charge on any atom is -0.342 e. The zero-order valence-electron chi connectivity index (χ0n) is 11.4. The lowest BCUT2D eigenvalue weighted by molar-refractivity contribution is 0.813. The highest BCUT2D eigenvalue weighted by Crippen LogP contribution is 2.24. The van der Waals surface area contributed by atoms with Gasteiger partial charge in [-0.2, -0.15) is 0 Å². The summed E-state index contributed by atoms with van der Waals surface area (Å²) in [7, 11) is 0. The topological polar surface area (TPSA) is 4.93 Å². The molecule has 0 bridgehead atoms. The average molecular weight is 373 g/mol. The van der Waals surface area contributed by atoms with E-state index in [1.165, 1.54) is 26.0 Å². The van der Waals surface area contributed by atoms with E-state index < -0.39 is 0 Å². The van der Waals surface area contributed by atoms with Crippen LogP contribution in [-0.4, -0.2) is 4.57 Å². The van der Waals surface area contributed by atoms with Crippen molar-refractivity contribution in [3.63, 3.8) is 0 Å². The minimum atomic E-state index is 0.910. The average Bonchev–Trinajstić information content (AvgIpc) is 2.81. The minimum absolute atomic E-state index is 0.910. The number of rotatable bonds is 3. The molecule has 0 aliphatic heterocycles. The number of hydrogen-bond acceptors (Lipinski definition) is 0. The maximum Gasteiger partial charge on any atom is 0.0494 e. The van der Waals surface area contributed by atoms with Gasteiger partial charge in [-0.05, 0) is 46.7 Å². The molecule has 100 valence electrons. The predicted molar refractivity (Wildman–Crippen MR) is 92.9 cm³/mol. The summed E-state index contributed by atoms with van der Waals surface area (Å²) in [5.74, 6) is 0. The van der Waals surface area contributed by atoms with Crippen LogP contribution < -0.4 is 0 Å². The summed E-state index contributed by atoms with van der Waals surface area (Å²) in [5.41, 5.74) is 5.17. The second-order valence-electron chi connectivity index (χ2n) is 5.02. The van der Waals surface area contributed by atoms with Crippen LogP contribution in [0.2, 0.25) is 0 Å². The second-order valence-corrected chi connectivity index (χ2v) is 6.27. The van der Waals surface area contributed by atoms with Gasteiger partial charge in [0, 0.05) is 22.0 Å². The molecule has 0 amide bonds. The monoisotopic (exact) mass is 373 g/mol. The van der Waals surface area contributed by atoms with Gasteiger partial charge in [0.05, 0.1) is 0 Å². The predicted octanol–water partition coefficient (Wildman–Crippen LogP) is 5.12. The first kappa shape index (κ1) is 13.4. The van der Waals surface area contributed by atoms with Gasteiger partial charge in [0.25, 0.3) is 0 Å². The quantitative estimate of drug-likeness (QED) is 0.562. The maximum absolute atomic E-state index is 2.38. The highest BCUT2D eigenvalue weighted by atomic mass is 127. The van der Waals surface area contributed by atoms with Crippen LogP contribution >= 0.6 is 22.6 Å². The second kappa shape index (κ2) is 5.83. The standard InChI is InChI=1S/C18H16IN/c1-14-7-9-16(10-8-14)18-11-17(19)13-20(18)12-15-5-3-2-4-6-15/h2-11,13H,12H2,1H3. The Kier molecular flexibility index (Phi) is 3.92. The van der Waals surface area contributed by atoms with E-state index in [-0.39, 0.29) is 0 Å². The molecule has 1 nitrogen and oxygen atoms in total. The van der Waals surface area contributed by atoms with Crippen LogP contribution in [0.25, 0.3) is 11.3 Å². The van der Waals surface area contributed by atoms with Gasteiger partial charge in [0.2, 0.25) is 0 Å². The van der Waals surface area contributed by atoms with Gasteiger partial charge in [0.1, 0.15) is 0 Å². The van der Waals surface area contributed by atoms with Gasteiger partial charge in [0.15, 0.2) is 0 Å². The number of aryl methyl sites for hydroxylation is 1. The van der Waals surface area contributed by atoms with Gasteiger partial charge >= 0.3 is 0 Å². The summed E-state index contributed by atoms with van der Waals surface area (Å²) in [5, 5.41) is 0. The third-order valence-corrected chi connectivity index (χ3v) is 4.00. The van der Waals surface area contributed by atoms with Crippen molar-refractivity contribution < 1.29 is 0 Å². The highest BCUT2D eigenvalue weighted by Gasteiger charge is 2.07. The first-order valence-electron chi connectivity index (χ1n) is 6.69. The van der Waals surface area contributed by atoms with Crippen LogP contribution in [0.15, 0.2) is 66.9 Å². The van der Waals surface area contributed by atoms with Gasteiger partial charge in [-0.3, -0.25) is 0 Å². The van der Waals surface area contributed by atoms with E-state index >= 15 is 0 Å². The zero-order valence-corrected chi connectivity index (χ0v) is 13.5. The molecule has 1 aromatic heterocycles. The van der Waals surface area contributed by atoms with Crippen molar-refractivity contribution in [3.05, 3.63) is 81.6 Å². The van der Waals surface area contributed by atoms with Crippen molar-refractivity contribution in [2.75, 3.05) is 0 Å². The Morgan fingerprint density at radius 3 is 2.35 bits per heavy atom. The number of benzene rings is 2. The molecule has 3 aromatic rings. The van der Waals surface area contributed by atoms with Crippen LogP contribution in [-0.2, 0) is 6.54 Å². The Morgan fingerprint density at radius 1 is 0.950 bits per heavy atom. The smallest absolute Gasteiger partial charge is 0.0494 e. The van der Waals surface area contributed by atoms with Crippen molar-refractivity contribution in [1.29, 1.82) is 0 Å². The van der Waals surface area contributed by atoms with Crippen LogP contribution in [0.4, 0.5) is 0 Å². The third-order valence-electron chi connectivity index (χ3n) is 3.41. The Hall–Kier alpha value is -1.55. The molecule has 0 aliphatic carbocycles. The maximum atomic E-state index is 2.38. The van der Waals surface area contributed by atoms with Crippen molar-refractivity contribution in [2.45, 2.75) is 13.5 Å². The fourth-order valence-electron chi connectivity index (χ4n) is 2.35. The molecule has 0 saturated heterocycles. The van der Waals surface area contributed by atoms with Crippen LogP contribution in [0.5, 0.6) is 0 Å². The van der Waals surface area contributed by atoms with Crippen molar-refractivity contribution in [3.8, 4) is 11.3 Å². The Bertz CT molecular complexity index is 696. The summed E-state index contributed by atoms with van der Waals surface area (Å²) in [6.07, 6.45) is 2.21. The van der Waals surface area contributed by atoms with Gasteiger partial charge in [-0.15, -0.1) is 0 Å². The zero-order chi connectivity index (χ0) is 13.9. The fraction of sp³-hybridized carbons (Fsp3) is 0.111. The largest absolute Gasteiger partial charge is 0.342 e. The molecule has 0 N–H and O–H groups in total. The lowest BCUT2D eigenvalue weighted by atomic mass is 10.1. The van der Waals surface area contributed by atoms with Crippen LogP contribution in [0.3, 0.4) is 0 Å². The van der Waals surface area contributed by atoms with Gasteiger partial charge in [-0.1, -0.05) is 60.2 Å². The van der Waals surface area contributed by atoms with E-state index in [1.807, 2.05) is 0 Å².